The first kappa shape index (κ1) is 17.9. The Morgan fingerprint density at radius 1 is 1.23 bits per heavy atom. The molecule has 0 aliphatic rings. The highest BCUT2D eigenvalue weighted by molar-refractivity contribution is 6.31. The smallest absolute Gasteiger partial charge is 0.278 e. The predicted molar refractivity (Wildman–Crippen MR) is 96.7 cm³/mol. The largest absolute Gasteiger partial charge is 0.495 e. The molecule has 0 saturated carbocycles. The molecule has 2 aromatic carbocycles. The zero-order chi connectivity index (χ0) is 18.8. The number of nitrogens with one attached hydrogen (secondary N) is 1. The molecular formula is C18H16ClFN4O2. The first-order chi connectivity index (χ1) is 12.4. The van der Waals surface area contributed by atoms with Gasteiger partial charge in [-0.2, -0.15) is 0 Å². The predicted octanol–water partition coefficient (Wildman–Crippen LogP) is 3.94. The van der Waals surface area contributed by atoms with Gasteiger partial charge < -0.3 is 10.1 Å². The Balaban J connectivity index is 1.91. The Labute approximate surface area is 154 Å². The second-order valence-corrected chi connectivity index (χ2v) is 6.10. The third kappa shape index (κ3) is 3.39. The molecule has 0 spiro atoms. The van der Waals surface area contributed by atoms with Gasteiger partial charge in [0.25, 0.3) is 5.91 Å². The summed E-state index contributed by atoms with van der Waals surface area (Å²) < 4.78 is 20.4. The number of carbonyl (C=O) groups is 1. The molecule has 1 heterocycles. The van der Waals surface area contributed by atoms with Crippen molar-refractivity contribution < 1.29 is 13.9 Å². The third-order valence-corrected chi connectivity index (χ3v) is 4.15. The molecule has 0 fully saturated rings. The summed E-state index contributed by atoms with van der Waals surface area (Å²) in [5.74, 6) is -0.359. The number of nitrogens with zero attached hydrogens (tertiary/aromatic N) is 3. The van der Waals surface area contributed by atoms with E-state index in [0.717, 1.165) is 0 Å². The topological polar surface area (TPSA) is 69.0 Å². The van der Waals surface area contributed by atoms with Crippen LogP contribution in [0.4, 0.5) is 10.1 Å². The van der Waals surface area contributed by atoms with Crippen LogP contribution >= 0.6 is 11.6 Å². The van der Waals surface area contributed by atoms with Crippen LogP contribution in [0.15, 0.2) is 36.4 Å². The Morgan fingerprint density at radius 2 is 2.00 bits per heavy atom. The standard InChI is InChI=1S/C18H16ClFN4O2/c1-10-4-6-13(9-14(10)20)24-11(2)17(22-23-24)18(25)21-15-8-12(19)5-7-16(15)26-3/h4-9H,1-3H3,(H,21,25). The van der Waals surface area contributed by atoms with E-state index in [1.54, 1.807) is 44.2 Å². The maximum atomic E-state index is 13.8. The summed E-state index contributed by atoms with van der Waals surface area (Å²) in [5.41, 5.74) is 2.02. The van der Waals surface area contributed by atoms with Gasteiger partial charge in [0, 0.05) is 5.02 Å². The quantitative estimate of drug-likeness (QED) is 0.751. The summed E-state index contributed by atoms with van der Waals surface area (Å²) in [6.45, 7) is 3.35. The van der Waals surface area contributed by atoms with Gasteiger partial charge in [-0.25, -0.2) is 9.07 Å². The van der Waals surface area contributed by atoms with E-state index in [2.05, 4.69) is 15.6 Å². The lowest BCUT2D eigenvalue weighted by Gasteiger charge is -2.10. The summed E-state index contributed by atoms with van der Waals surface area (Å²) in [5, 5.41) is 11.0. The second kappa shape index (κ2) is 7.13. The number of carbonyl (C=O) groups excluding carboxylic acids is 1. The first-order valence-corrected chi connectivity index (χ1v) is 8.12. The zero-order valence-electron chi connectivity index (χ0n) is 14.4. The normalized spacial score (nSPS) is 10.7. The van der Waals surface area contributed by atoms with Crippen LogP contribution in [-0.4, -0.2) is 28.0 Å². The molecule has 26 heavy (non-hydrogen) atoms. The van der Waals surface area contributed by atoms with Gasteiger partial charge in [0.2, 0.25) is 0 Å². The second-order valence-electron chi connectivity index (χ2n) is 5.67. The van der Waals surface area contributed by atoms with Crippen LogP contribution in [0.2, 0.25) is 5.02 Å². The van der Waals surface area contributed by atoms with Crippen LogP contribution in [0.1, 0.15) is 21.7 Å². The van der Waals surface area contributed by atoms with Gasteiger partial charge in [-0.1, -0.05) is 22.9 Å². The van der Waals surface area contributed by atoms with E-state index in [1.165, 1.54) is 17.9 Å². The molecule has 8 heteroatoms. The number of ether oxygens (including phenoxy) is 1. The Hall–Kier alpha value is -2.93. The van der Waals surface area contributed by atoms with E-state index in [4.69, 9.17) is 16.3 Å². The van der Waals surface area contributed by atoms with Crippen molar-refractivity contribution in [2.24, 2.45) is 0 Å². The fourth-order valence-electron chi connectivity index (χ4n) is 2.46. The molecule has 3 aromatic rings. The van der Waals surface area contributed by atoms with Crippen LogP contribution < -0.4 is 10.1 Å². The highest BCUT2D eigenvalue weighted by Gasteiger charge is 2.19. The number of anilines is 1. The maximum absolute atomic E-state index is 13.8. The number of rotatable bonds is 4. The number of hydrogen-bond donors (Lipinski definition) is 1. The van der Waals surface area contributed by atoms with E-state index in [1.807, 2.05) is 0 Å². The molecule has 1 N–H and O–H groups in total. The van der Waals surface area contributed by atoms with Crippen LogP contribution in [0.3, 0.4) is 0 Å². The molecule has 0 aliphatic heterocycles. The fraction of sp³-hybridized carbons (Fsp3) is 0.167. The molecule has 0 atom stereocenters. The molecule has 0 bridgehead atoms. The Bertz CT molecular complexity index is 987. The van der Waals surface area contributed by atoms with Crippen LogP contribution in [0.5, 0.6) is 5.75 Å². The molecule has 134 valence electrons. The third-order valence-electron chi connectivity index (χ3n) is 3.92. The highest BCUT2D eigenvalue weighted by Crippen LogP contribution is 2.28. The maximum Gasteiger partial charge on any atom is 0.278 e. The number of benzene rings is 2. The van der Waals surface area contributed by atoms with Gasteiger partial charge in [0.1, 0.15) is 11.6 Å². The van der Waals surface area contributed by atoms with Gasteiger partial charge >= 0.3 is 0 Å². The highest BCUT2D eigenvalue weighted by atomic mass is 35.5. The van der Waals surface area contributed by atoms with Crippen molar-refractivity contribution in [3.8, 4) is 11.4 Å². The molecule has 3 rings (SSSR count). The molecule has 0 unspecified atom stereocenters. The van der Waals surface area contributed by atoms with Crippen molar-refractivity contribution >= 4 is 23.2 Å². The molecular weight excluding hydrogens is 359 g/mol. The average Bonchev–Trinajstić information content (AvgIpc) is 2.99. The van der Waals surface area contributed by atoms with E-state index < -0.39 is 5.91 Å². The van der Waals surface area contributed by atoms with Crippen LogP contribution in [0, 0.1) is 19.7 Å². The minimum atomic E-state index is -0.470. The Kier molecular flexibility index (Phi) is 4.90. The van der Waals surface area contributed by atoms with Crippen LogP contribution in [-0.2, 0) is 0 Å². The van der Waals surface area contributed by atoms with Gasteiger partial charge in [-0.3, -0.25) is 4.79 Å². The molecule has 0 saturated heterocycles. The lowest BCUT2D eigenvalue weighted by molar-refractivity contribution is 0.102. The monoisotopic (exact) mass is 374 g/mol. The number of halogens is 2. The number of hydrogen-bond acceptors (Lipinski definition) is 4. The van der Waals surface area contributed by atoms with Crippen molar-refractivity contribution in [2.45, 2.75) is 13.8 Å². The number of amides is 1. The average molecular weight is 375 g/mol. The Morgan fingerprint density at radius 3 is 2.69 bits per heavy atom. The van der Waals surface area contributed by atoms with E-state index in [0.29, 0.717) is 33.4 Å². The summed E-state index contributed by atoms with van der Waals surface area (Å²) in [4.78, 5) is 12.6. The number of methoxy groups -OCH3 is 1. The molecule has 6 nitrogen and oxygen atoms in total. The van der Waals surface area contributed by atoms with Crippen molar-refractivity contribution in [3.63, 3.8) is 0 Å². The van der Waals surface area contributed by atoms with Crippen LogP contribution in [0.25, 0.3) is 5.69 Å². The summed E-state index contributed by atoms with van der Waals surface area (Å²) in [6, 6.07) is 9.58. The van der Waals surface area contributed by atoms with Crippen molar-refractivity contribution in [3.05, 3.63) is 64.2 Å². The first-order valence-electron chi connectivity index (χ1n) is 7.74. The molecule has 1 amide bonds. The minimum absolute atomic E-state index is 0.119. The van der Waals surface area contributed by atoms with E-state index >= 15 is 0 Å². The molecule has 0 aliphatic carbocycles. The SMILES string of the molecule is COc1ccc(Cl)cc1NC(=O)c1nnn(-c2ccc(C)c(F)c2)c1C. The van der Waals surface area contributed by atoms with Crippen molar-refractivity contribution in [1.29, 1.82) is 0 Å². The van der Waals surface area contributed by atoms with Crippen molar-refractivity contribution in [1.82, 2.24) is 15.0 Å². The summed E-state index contributed by atoms with van der Waals surface area (Å²) >= 11 is 5.97. The van der Waals surface area contributed by atoms with Gasteiger partial charge in [0.05, 0.1) is 24.2 Å². The summed E-state index contributed by atoms with van der Waals surface area (Å²) in [6.07, 6.45) is 0. The summed E-state index contributed by atoms with van der Waals surface area (Å²) in [7, 11) is 1.49. The minimum Gasteiger partial charge on any atom is -0.495 e. The van der Waals surface area contributed by atoms with Gasteiger partial charge in [-0.05, 0) is 49.7 Å². The number of aromatic nitrogens is 3. The van der Waals surface area contributed by atoms with E-state index in [-0.39, 0.29) is 11.5 Å². The van der Waals surface area contributed by atoms with E-state index in [9.17, 15) is 9.18 Å². The molecule has 1 aromatic heterocycles. The number of aryl methyl sites for hydroxylation is 1. The molecule has 0 radical (unpaired) electrons. The fourth-order valence-corrected chi connectivity index (χ4v) is 2.63. The van der Waals surface area contributed by atoms with Gasteiger partial charge in [-0.15, -0.1) is 5.10 Å². The lowest BCUT2D eigenvalue weighted by Crippen LogP contribution is -2.15. The lowest BCUT2D eigenvalue weighted by atomic mass is 10.2. The zero-order valence-corrected chi connectivity index (χ0v) is 15.1. The van der Waals surface area contributed by atoms with Crippen molar-refractivity contribution in [2.75, 3.05) is 12.4 Å². The van der Waals surface area contributed by atoms with Gasteiger partial charge in [0.15, 0.2) is 5.69 Å².